The molecule has 0 heterocycles. The Labute approximate surface area is 119 Å². The van der Waals surface area contributed by atoms with Gasteiger partial charge in [-0.3, -0.25) is 0 Å². The van der Waals surface area contributed by atoms with Crippen LogP contribution in [0.3, 0.4) is 0 Å². The quantitative estimate of drug-likeness (QED) is 0.270. The molecular formula is C13H10IN2OP. The van der Waals surface area contributed by atoms with E-state index in [0.29, 0.717) is 10.6 Å². The molecule has 2 rings (SSSR count). The first-order valence-corrected chi connectivity index (χ1v) is 8.07. The summed E-state index contributed by atoms with van der Waals surface area (Å²) in [5, 5.41) is 1.33. The van der Waals surface area contributed by atoms with Crippen molar-refractivity contribution in [1.82, 2.24) is 0 Å². The highest BCUT2D eigenvalue weighted by Gasteiger charge is 2.38. The lowest BCUT2D eigenvalue weighted by Gasteiger charge is -2.12. The van der Waals surface area contributed by atoms with Gasteiger partial charge in [-0.15, -0.1) is 0 Å². The fourth-order valence-electron chi connectivity index (χ4n) is 1.70. The monoisotopic (exact) mass is 368 g/mol. The van der Waals surface area contributed by atoms with Gasteiger partial charge < -0.3 is 10.1 Å². The predicted octanol–water partition coefficient (Wildman–Crippen LogP) is 3.02. The van der Waals surface area contributed by atoms with Crippen LogP contribution in [0, 0.1) is 0 Å². The van der Waals surface area contributed by atoms with Crippen molar-refractivity contribution in [1.29, 1.82) is 0 Å². The molecule has 0 N–H and O–H groups in total. The summed E-state index contributed by atoms with van der Waals surface area (Å²) in [4.78, 5) is 3.15. The molecule has 18 heavy (non-hydrogen) atoms. The number of halogens is 1. The van der Waals surface area contributed by atoms with Crippen molar-refractivity contribution in [3.05, 3.63) is 66.2 Å². The van der Waals surface area contributed by atoms with Crippen molar-refractivity contribution in [2.45, 2.75) is 0 Å². The smallest absolute Gasteiger partial charge is 0.360 e. The first kappa shape index (κ1) is 13.2. The summed E-state index contributed by atoms with van der Waals surface area (Å²) in [6.45, 7) is 0. The zero-order valence-corrected chi connectivity index (χ0v) is 12.5. The Hall–Kier alpha value is -1.22. The molecule has 0 spiro atoms. The zero-order chi connectivity index (χ0) is 13.0. The van der Waals surface area contributed by atoms with E-state index in [2.05, 4.69) is 4.79 Å². The molecule has 0 aliphatic heterocycles. The van der Waals surface area contributed by atoms with E-state index in [1.165, 1.54) is 0 Å². The van der Waals surface area contributed by atoms with Gasteiger partial charge in [0, 0.05) is 10.6 Å². The van der Waals surface area contributed by atoms with Gasteiger partial charge in [0.2, 0.25) is 0 Å². The fourth-order valence-corrected chi connectivity index (χ4v) is 5.41. The maximum atomic E-state index is 13.2. The molecule has 0 fully saturated rings. The molecule has 90 valence electrons. The van der Waals surface area contributed by atoms with Crippen molar-refractivity contribution in [2.24, 2.45) is 0 Å². The molecule has 3 nitrogen and oxygen atoms in total. The Kier molecular flexibility index (Phi) is 4.12. The second-order valence-electron chi connectivity index (χ2n) is 3.65. The van der Waals surface area contributed by atoms with E-state index in [-0.39, 0.29) is 3.46 Å². The van der Waals surface area contributed by atoms with Crippen molar-refractivity contribution < 1.29 is 9.35 Å². The third-order valence-corrected chi connectivity index (χ3v) is 7.50. The van der Waals surface area contributed by atoms with Gasteiger partial charge in [0.25, 0.3) is 7.14 Å². The minimum absolute atomic E-state index is 0.206. The Balaban J connectivity index is 2.71. The van der Waals surface area contributed by atoms with E-state index >= 15 is 0 Å². The van der Waals surface area contributed by atoms with Gasteiger partial charge in [0.1, 0.15) is 0 Å². The molecule has 0 saturated carbocycles. The van der Waals surface area contributed by atoms with Crippen LogP contribution in [0.15, 0.2) is 60.7 Å². The van der Waals surface area contributed by atoms with Gasteiger partial charge in [-0.2, -0.15) is 4.79 Å². The Morgan fingerprint density at radius 2 is 1.33 bits per heavy atom. The van der Waals surface area contributed by atoms with Crippen LogP contribution in [0.1, 0.15) is 0 Å². The summed E-state index contributed by atoms with van der Waals surface area (Å²) in [6.07, 6.45) is 0. The SMILES string of the molecule is [N-]=[N+]=C(I)P(=O)(c1ccccc1)c1ccccc1. The van der Waals surface area contributed by atoms with E-state index in [0.717, 1.165) is 0 Å². The van der Waals surface area contributed by atoms with E-state index in [1.54, 1.807) is 24.3 Å². The maximum Gasteiger partial charge on any atom is 0.388 e. The van der Waals surface area contributed by atoms with Crippen molar-refractivity contribution >= 4 is 43.8 Å². The number of benzene rings is 2. The molecule has 0 atom stereocenters. The Bertz CT molecular complexity index is 593. The van der Waals surface area contributed by atoms with E-state index in [4.69, 9.17) is 5.53 Å². The topological polar surface area (TPSA) is 53.5 Å². The molecule has 0 aliphatic rings. The predicted molar refractivity (Wildman–Crippen MR) is 82.4 cm³/mol. The molecule has 2 aromatic rings. The first-order valence-electron chi connectivity index (χ1n) is 5.29. The second-order valence-corrected chi connectivity index (χ2v) is 8.20. The van der Waals surface area contributed by atoms with E-state index in [9.17, 15) is 4.57 Å². The van der Waals surface area contributed by atoms with Crippen LogP contribution >= 0.6 is 29.7 Å². The summed E-state index contributed by atoms with van der Waals surface area (Å²) in [5.41, 5.74) is 9.00. The molecule has 0 saturated heterocycles. The molecule has 0 unspecified atom stereocenters. The van der Waals surface area contributed by atoms with Crippen LogP contribution in [0.5, 0.6) is 0 Å². The van der Waals surface area contributed by atoms with Gasteiger partial charge in [-0.25, -0.2) is 0 Å². The van der Waals surface area contributed by atoms with Gasteiger partial charge >= 0.3 is 3.46 Å². The molecular weight excluding hydrogens is 358 g/mol. The van der Waals surface area contributed by atoms with Crippen LogP contribution < -0.4 is 10.6 Å². The largest absolute Gasteiger partial charge is 0.388 e. The van der Waals surface area contributed by atoms with Crippen molar-refractivity contribution in [3.8, 4) is 0 Å². The summed E-state index contributed by atoms with van der Waals surface area (Å²) in [6, 6.07) is 18.2. The highest BCUT2D eigenvalue weighted by Crippen LogP contribution is 2.46. The molecule has 0 aromatic heterocycles. The summed E-state index contributed by atoms with van der Waals surface area (Å²) >= 11 is 1.83. The molecule has 0 aliphatic carbocycles. The van der Waals surface area contributed by atoms with E-state index in [1.807, 2.05) is 59.0 Å². The van der Waals surface area contributed by atoms with Crippen LogP contribution in [0.25, 0.3) is 5.53 Å². The van der Waals surface area contributed by atoms with Crippen LogP contribution in [-0.2, 0) is 4.57 Å². The highest BCUT2D eigenvalue weighted by atomic mass is 127. The van der Waals surface area contributed by atoms with Crippen molar-refractivity contribution in [3.63, 3.8) is 0 Å². The highest BCUT2D eigenvalue weighted by molar-refractivity contribution is 14.1. The van der Waals surface area contributed by atoms with Gasteiger partial charge in [-0.1, -0.05) is 60.7 Å². The summed E-state index contributed by atoms with van der Waals surface area (Å²) in [5.74, 6) is 0. The minimum atomic E-state index is -3.03. The molecule has 5 heteroatoms. The third kappa shape index (κ3) is 2.32. The average Bonchev–Trinajstić information content (AvgIpc) is 2.47. The average molecular weight is 368 g/mol. The lowest BCUT2D eigenvalue weighted by atomic mass is 10.4. The Morgan fingerprint density at radius 1 is 0.944 bits per heavy atom. The van der Waals surface area contributed by atoms with E-state index < -0.39 is 7.14 Å². The van der Waals surface area contributed by atoms with Crippen molar-refractivity contribution in [2.75, 3.05) is 0 Å². The first-order chi connectivity index (χ1) is 8.69. The minimum Gasteiger partial charge on any atom is -0.360 e. The fraction of sp³-hybridized carbons (Fsp3) is 0. The van der Waals surface area contributed by atoms with Crippen LogP contribution in [-0.4, -0.2) is 8.25 Å². The number of rotatable bonds is 3. The molecule has 0 radical (unpaired) electrons. The van der Waals surface area contributed by atoms with Gasteiger partial charge in [0.15, 0.2) is 0 Å². The molecule has 2 aromatic carbocycles. The van der Waals surface area contributed by atoms with Crippen LogP contribution in [0.4, 0.5) is 0 Å². The zero-order valence-electron chi connectivity index (χ0n) is 9.40. The summed E-state index contributed by atoms with van der Waals surface area (Å²) in [7, 11) is -3.03. The number of hydrogen-bond acceptors (Lipinski definition) is 1. The van der Waals surface area contributed by atoms with Crippen LogP contribution in [0.2, 0.25) is 0 Å². The number of nitrogens with zero attached hydrogens (tertiary/aromatic N) is 2. The second kappa shape index (κ2) is 5.61. The lowest BCUT2D eigenvalue weighted by Crippen LogP contribution is -2.19. The Morgan fingerprint density at radius 3 is 1.67 bits per heavy atom. The lowest BCUT2D eigenvalue weighted by molar-refractivity contribution is 0.00612. The molecule has 0 amide bonds. The normalized spacial score (nSPS) is 10.7. The van der Waals surface area contributed by atoms with Gasteiger partial charge in [0.05, 0.1) is 22.6 Å². The van der Waals surface area contributed by atoms with Gasteiger partial charge in [-0.05, 0) is 0 Å². The third-order valence-electron chi connectivity index (χ3n) is 2.58. The number of hydrogen-bond donors (Lipinski definition) is 0. The standard InChI is InChI=1S/C13H10IN2OP/c14-13(16-15)18(17,11-7-3-1-4-8-11)12-9-5-2-6-10-12/h1-10H. The maximum absolute atomic E-state index is 13.2. The summed E-state index contributed by atoms with van der Waals surface area (Å²) < 4.78 is 13.5. The molecule has 0 bridgehead atoms.